The fourth-order valence-corrected chi connectivity index (χ4v) is 3.37. The van der Waals surface area contributed by atoms with E-state index < -0.39 is 9.84 Å². The quantitative estimate of drug-likeness (QED) is 0.603. The van der Waals surface area contributed by atoms with Crippen LogP contribution >= 0.6 is 15.9 Å². The zero-order valence-electron chi connectivity index (χ0n) is 5.58. The van der Waals surface area contributed by atoms with Gasteiger partial charge in [0.2, 0.25) is 0 Å². The van der Waals surface area contributed by atoms with Gasteiger partial charge in [-0.1, -0.05) is 15.9 Å². The van der Waals surface area contributed by atoms with Crippen molar-refractivity contribution >= 4 is 25.8 Å². The summed E-state index contributed by atoms with van der Waals surface area (Å²) in [6, 6.07) is 0. The molecule has 10 heavy (non-hydrogen) atoms. The van der Waals surface area contributed by atoms with Gasteiger partial charge in [-0.2, -0.15) is 0 Å². The van der Waals surface area contributed by atoms with Crippen LogP contribution in [0.2, 0.25) is 0 Å². The molecule has 1 heterocycles. The lowest BCUT2D eigenvalue weighted by Crippen LogP contribution is -2.27. The highest BCUT2D eigenvalue weighted by Gasteiger charge is 2.33. The minimum Gasteiger partial charge on any atom is -0.379 e. The summed E-state index contributed by atoms with van der Waals surface area (Å²) < 4.78 is 26.8. The van der Waals surface area contributed by atoms with E-state index in [9.17, 15) is 8.42 Å². The summed E-state index contributed by atoms with van der Waals surface area (Å²) in [7, 11) is -2.92. The fourth-order valence-electron chi connectivity index (χ4n) is 0.900. The molecule has 0 N–H and O–H groups in total. The first-order chi connectivity index (χ1) is 4.52. The lowest BCUT2D eigenvalue weighted by atomic mass is 10.4. The summed E-state index contributed by atoms with van der Waals surface area (Å²) in [5.41, 5.74) is 0. The Hall–Kier alpha value is 0.390. The third-order valence-electron chi connectivity index (χ3n) is 1.51. The van der Waals surface area contributed by atoms with Crippen LogP contribution in [0.4, 0.5) is 0 Å². The molecule has 0 amide bonds. The number of alkyl halides is 1. The third-order valence-corrected chi connectivity index (χ3v) is 4.33. The van der Waals surface area contributed by atoms with E-state index >= 15 is 0 Å². The second-order valence-corrected chi connectivity index (χ2v) is 5.86. The van der Waals surface area contributed by atoms with Gasteiger partial charge in [-0.25, -0.2) is 8.42 Å². The molecule has 0 aromatic heterocycles. The summed E-state index contributed by atoms with van der Waals surface area (Å²) in [6.07, 6.45) is 1.24. The van der Waals surface area contributed by atoms with Gasteiger partial charge in [0.05, 0.1) is 23.3 Å². The largest absolute Gasteiger partial charge is 0.379 e. The maximum absolute atomic E-state index is 10.9. The summed E-state index contributed by atoms with van der Waals surface area (Å²) >= 11 is 3.24. The first-order valence-electron chi connectivity index (χ1n) is 2.92. The number of halogens is 1. The van der Waals surface area contributed by atoms with Crippen LogP contribution < -0.4 is 0 Å². The van der Waals surface area contributed by atoms with E-state index in [4.69, 9.17) is 4.74 Å². The van der Waals surface area contributed by atoms with Gasteiger partial charge < -0.3 is 4.74 Å². The van der Waals surface area contributed by atoms with Crippen LogP contribution in [-0.4, -0.2) is 38.0 Å². The molecule has 5 heteroatoms. The van der Waals surface area contributed by atoms with Crippen molar-refractivity contribution in [1.29, 1.82) is 0 Å². The van der Waals surface area contributed by atoms with Gasteiger partial charge in [-0.15, -0.1) is 0 Å². The zero-order chi connectivity index (χ0) is 7.78. The van der Waals surface area contributed by atoms with Crippen molar-refractivity contribution in [1.82, 2.24) is 0 Å². The van der Waals surface area contributed by atoms with Crippen molar-refractivity contribution in [3.63, 3.8) is 0 Å². The van der Waals surface area contributed by atoms with Crippen LogP contribution in [0, 0.1) is 0 Å². The van der Waals surface area contributed by atoms with E-state index in [-0.39, 0.29) is 10.1 Å². The molecule has 1 aliphatic rings. The molecular weight excluding hydrogens is 220 g/mol. The number of ether oxygens (including phenoxy) is 1. The average molecular weight is 229 g/mol. The van der Waals surface area contributed by atoms with E-state index in [1.165, 1.54) is 6.26 Å². The molecular formula is C5H9BrO3S. The van der Waals surface area contributed by atoms with Gasteiger partial charge in [0.15, 0.2) is 9.84 Å². The second-order valence-electron chi connectivity index (χ2n) is 2.42. The minimum atomic E-state index is -2.92. The van der Waals surface area contributed by atoms with Crippen molar-refractivity contribution in [2.75, 3.05) is 19.5 Å². The van der Waals surface area contributed by atoms with Crippen molar-refractivity contribution in [3.8, 4) is 0 Å². The maximum atomic E-state index is 10.9. The molecule has 1 rings (SSSR count). The molecule has 2 atom stereocenters. The average Bonchev–Trinajstić information content (AvgIpc) is 2.11. The van der Waals surface area contributed by atoms with Crippen LogP contribution in [0.15, 0.2) is 0 Å². The van der Waals surface area contributed by atoms with E-state index in [0.717, 1.165) is 0 Å². The first-order valence-corrected chi connectivity index (χ1v) is 5.79. The highest BCUT2D eigenvalue weighted by Crippen LogP contribution is 2.20. The summed E-state index contributed by atoms with van der Waals surface area (Å²) in [6.45, 7) is 0.826. The van der Waals surface area contributed by atoms with Crippen molar-refractivity contribution in [2.24, 2.45) is 0 Å². The maximum Gasteiger partial charge on any atom is 0.153 e. The van der Waals surface area contributed by atoms with Gasteiger partial charge in [0.25, 0.3) is 0 Å². The second kappa shape index (κ2) is 2.79. The molecule has 0 bridgehead atoms. The van der Waals surface area contributed by atoms with Gasteiger partial charge in [-0.3, -0.25) is 0 Å². The Bertz CT molecular complexity index is 211. The Morgan fingerprint density at radius 1 is 1.50 bits per heavy atom. The van der Waals surface area contributed by atoms with E-state index in [0.29, 0.717) is 13.2 Å². The topological polar surface area (TPSA) is 43.4 Å². The zero-order valence-corrected chi connectivity index (χ0v) is 7.98. The van der Waals surface area contributed by atoms with Gasteiger partial charge in [0.1, 0.15) is 0 Å². The highest BCUT2D eigenvalue weighted by atomic mass is 79.9. The van der Waals surface area contributed by atoms with Crippen molar-refractivity contribution < 1.29 is 13.2 Å². The Balaban J connectivity index is 2.74. The van der Waals surface area contributed by atoms with Crippen molar-refractivity contribution in [3.05, 3.63) is 0 Å². The fraction of sp³-hybridized carbons (Fsp3) is 1.00. The molecule has 0 aromatic carbocycles. The Morgan fingerprint density at radius 2 is 2.10 bits per heavy atom. The number of hydrogen-bond acceptors (Lipinski definition) is 3. The monoisotopic (exact) mass is 228 g/mol. The molecule has 3 nitrogen and oxygen atoms in total. The third kappa shape index (κ3) is 1.71. The molecule has 0 radical (unpaired) electrons. The van der Waals surface area contributed by atoms with Gasteiger partial charge in [0, 0.05) is 6.26 Å². The van der Waals surface area contributed by atoms with Crippen molar-refractivity contribution in [2.45, 2.75) is 10.1 Å². The smallest absolute Gasteiger partial charge is 0.153 e. The predicted molar refractivity (Wildman–Crippen MR) is 42.2 cm³/mol. The van der Waals surface area contributed by atoms with E-state index in [2.05, 4.69) is 15.9 Å². The Morgan fingerprint density at radius 3 is 2.30 bits per heavy atom. The highest BCUT2D eigenvalue weighted by molar-refractivity contribution is 9.09. The van der Waals surface area contributed by atoms with Crippen LogP contribution in [0.5, 0.6) is 0 Å². The van der Waals surface area contributed by atoms with E-state index in [1.807, 2.05) is 0 Å². The molecule has 0 saturated carbocycles. The van der Waals surface area contributed by atoms with Crippen LogP contribution in [-0.2, 0) is 14.6 Å². The van der Waals surface area contributed by atoms with Gasteiger partial charge >= 0.3 is 0 Å². The Labute approximate surface area is 68.8 Å². The molecule has 60 valence electrons. The SMILES string of the molecule is CS(=O)(=O)C1COCC1Br. The Kier molecular flexibility index (Phi) is 2.37. The summed E-state index contributed by atoms with van der Waals surface area (Å²) in [5, 5.41) is -0.354. The minimum absolute atomic E-state index is 0.0255. The van der Waals surface area contributed by atoms with E-state index in [1.54, 1.807) is 0 Å². The molecule has 2 unspecified atom stereocenters. The molecule has 1 aliphatic heterocycles. The molecule has 1 fully saturated rings. The lowest BCUT2D eigenvalue weighted by molar-refractivity contribution is 0.200. The first kappa shape index (κ1) is 8.49. The molecule has 0 aromatic rings. The standard InChI is InChI=1S/C5H9BrO3S/c1-10(7,8)5-3-9-2-4(5)6/h4-5H,2-3H2,1H3. The lowest BCUT2D eigenvalue weighted by Gasteiger charge is -2.07. The molecule has 0 spiro atoms. The molecule has 1 saturated heterocycles. The summed E-state index contributed by atoms with van der Waals surface area (Å²) in [5.74, 6) is 0. The number of sulfone groups is 1. The number of hydrogen-bond donors (Lipinski definition) is 0. The van der Waals surface area contributed by atoms with Crippen LogP contribution in [0.25, 0.3) is 0 Å². The van der Waals surface area contributed by atoms with Crippen LogP contribution in [0.1, 0.15) is 0 Å². The molecule has 0 aliphatic carbocycles. The number of rotatable bonds is 1. The normalized spacial score (nSPS) is 34.6. The van der Waals surface area contributed by atoms with Crippen LogP contribution in [0.3, 0.4) is 0 Å². The predicted octanol–water partition coefficient (Wildman–Crippen LogP) is 0.193. The summed E-state index contributed by atoms with van der Waals surface area (Å²) in [4.78, 5) is -0.0255. The van der Waals surface area contributed by atoms with Gasteiger partial charge in [-0.05, 0) is 0 Å².